The predicted molar refractivity (Wildman–Crippen MR) is 164 cm³/mol. The number of fused-ring (bicyclic) bond motifs is 1. The van der Waals surface area contributed by atoms with Gasteiger partial charge in [0.15, 0.2) is 0 Å². The smallest absolute Gasteiger partial charge is 0.249 e. The van der Waals surface area contributed by atoms with Gasteiger partial charge in [0.1, 0.15) is 11.6 Å². The van der Waals surface area contributed by atoms with Crippen molar-refractivity contribution in [3.8, 4) is 0 Å². The van der Waals surface area contributed by atoms with Crippen LogP contribution in [0.2, 0.25) is 0 Å². The Balaban J connectivity index is 1.27. The lowest BCUT2D eigenvalue weighted by atomic mass is 9.81. The van der Waals surface area contributed by atoms with Gasteiger partial charge in [0.2, 0.25) is 11.8 Å². The minimum atomic E-state index is -0.760. The van der Waals surface area contributed by atoms with Gasteiger partial charge in [0, 0.05) is 25.6 Å². The molecule has 0 N–H and O–H groups in total. The van der Waals surface area contributed by atoms with E-state index >= 15 is 0 Å². The Morgan fingerprint density at radius 2 is 1.68 bits per heavy atom. The van der Waals surface area contributed by atoms with Gasteiger partial charge in [-0.3, -0.25) is 9.59 Å². The van der Waals surface area contributed by atoms with Crippen LogP contribution in [0, 0.1) is 0 Å². The highest BCUT2D eigenvalue weighted by molar-refractivity contribution is 6.00. The van der Waals surface area contributed by atoms with Crippen molar-refractivity contribution in [1.82, 2.24) is 14.7 Å². The van der Waals surface area contributed by atoms with E-state index in [-0.39, 0.29) is 23.8 Å². The predicted octanol–water partition coefficient (Wildman–Crippen LogP) is 5.90. The van der Waals surface area contributed by atoms with E-state index in [9.17, 15) is 9.59 Å². The van der Waals surface area contributed by atoms with E-state index < -0.39 is 5.54 Å². The van der Waals surface area contributed by atoms with Crippen LogP contribution in [0.1, 0.15) is 62.0 Å². The molecule has 0 saturated carbocycles. The first-order valence-corrected chi connectivity index (χ1v) is 15.6. The number of amides is 2. The van der Waals surface area contributed by atoms with Crippen LogP contribution in [-0.4, -0.2) is 70.8 Å². The third-order valence-corrected chi connectivity index (χ3v) is 9.65. The number of hydrogen-bond acceptors (Lipinski definition) is 3. The third kappa shape index (κ3) is 5.83. The van der Waals surface area contributed by atoms with Gasteiger partial charge in [-0.2, -0.15) is 0 Å². The number of hydrogen-bond donors (Lipinski definition) is 0. The summed E-state index contributed by atoms with van der Waals surface area (Å²) < 4.78 is 0. The second kappa shape index (κ2) is 12.6. The zero-order chi connectivity index (χ0) is 28.1. The van der Waals surface area contributed by atoms with Gasteiger partial charge in [-0.15, -0.1) is 0 Å². The fourth-order valence-corrected chi connectivity index (χ4v) is 7.44. The molecule has 1 aliphatic carbocycles. The fraction of sp³-hybridized carbons (Fsp3) is 0.444. The standard InChI is InChI=1S/C36H43N3O2/c40-34-33-21-12-26-38(33)35(41)36(22-13-25-37(27-23-36)24-11-16-29-14-5-3-6-15-29)39(34)28-32(31-19-9-4-10-20-31)30-17-7-1-2-8-18-30/h1,3-10,14-15,17-20,32-33H,2,11-13,16,21-28H2. The largest absolute Gasteiger partial charge is 0.329 e. The zero-order valence-corrected chi connectivity index (χ0v) is 24.2. The molecule has 2 aromatic rings. The van der Waals surface area contributed by atoms with E-state index in [1.165, 1.54) is 16.7 Å². The van der Waals surface area contributed by atoms with Crippen LogP contribution in [0.25, 0.3) is 0 Å². The number of carbonyl (C=O) groups is 2. The van der Waals surface area contributed by atoms with Gasteiger partial charge < -0.3 is 14.7 Å². The van der Waals surface area contributed by atoms with Crippen molar-refractivity contribution in [3.05, 3.63) is 108 Å². The average molecular weight is 550 g/mol. The molecule has 3 saturated heterocycles. The van der Waals surface area contributed by atoms with Crippen molar-refractivity contribution < 1.29 is 9.59 Å². The summed E-state index contributed by atoms with van der Waals surface area (Å²) in [6.07, 6.45) is 18.0. The van der Waals surface area contributed by atoms with Crippen molar-refractivity contribution in [3.63, 3.8) is 0 Å². The summed E-state index contributed by atoms with van der Waals surface area (Å²) in [6.45, 7) is 4.11. The van der Waals surface area contributed by atoms with E-state index in [4.69, 9.17) is 0 Å². The summed E-state index contributed by atoms with van der Waals surface area (Å²) in [4.78, 5) is 35.3. The van der Waals surface area contributed by atoms with Crippen LogP contribution in [0.3, 0.4) is 0 Å². The minimum absolute atomic E-state index is 0.0157. The van der Waals surface area contributed by atoms with Crippen LogP contribution in [0.15, 0.2) is 96.6 Å². The number of rotatable bonds is 8. The molecule has 41 heavy (non-hydrogen) atoms. The number of aryl methyl sites for hydroxylation is 1. The van der Waals surface area contributed by atoms with Gasteiger partial charge in [-0.05, 0) is 81.2 Å². The molecule has 214 valence electrons. The van der Waals surface area contributed by atoms with Crippen molar-refractivity contribution in [2.75, 3.05) is 32.7 Å². The highest BCUT2D eigenvalue weighted by Crippen LogP contribution is 2.42. The molecular weight excluding hydrogens is 506 g/mol. The first kappa shape index (κ1) is 27.7. The fourth-order valence-electron chi connectivity index (χ4n) is 7.44. The molecule has 1 spiro atoms. The topological polar surface area (TPSA) is 43.9 Å². The molecule has 3 unspecified atom stereocenters. The Morgan fingerprint density at radius 3 is 2.51 bits per heavy atom. The highest BCUT2D eigenvalue weighted by atomic mass is 16.2. The van der Waals surface area contributed by atoms with Gasteiger partial charge in [0.25, 0.3) is 0 Å². The molecule has 3 fully saturated rings. The van der Waals surface area contributed by atoms with Gasteiger partial charge in [-0.1, -0.05) is 91.0 Å². The molecule has 4 aliphatic rings. The van der Waals surface area contributed by atoms with E-state index in [1.807, 2.05) is 11.0 Å². The number of likely N-dealkylation sites (tertiary alicyclic amines) is 1. The van der Waals surface area contributed by atoms with E-state index in [0.717, 1.165) is 64.6 Å². The number of carbonyl (C=O) groups excluding carboxylic acids is 2. The van der Waals surface area contributed by atoms with Crippen LogP contribution in [0.4, 0.5) is 0 Å². The van der Waals surface area contributed by atoms with Crippen LogP contribution < -0.4 is 0 Å². The number of nitrogens with zero attached hydrogens (tertiary/aromatic N) is 3. The Bertz CT molecular complexity index is 1300. The van der Waals surface area contributed by atoms with Crippen molar-refractivity contribution in [2.45, 2.75) is 68.9 Å². The molecule has 0 aromatic heterocycles. The lowest BCUT2D eigenvalue weighted by Crippen LogP contribution is -2.70. The van der Waals surface area contributed by atoms with Gasteiger partial charge in [-0.25, -0.2) is 0 Å². The maximum atomic E-state index is 14.4. The molecule has 6 rings (SSSR count). The maximum absolute atomic E-state index is 14.4. The average Bonchev–Trinajstić information content (AvgIpc) is 3.21. The first-order valence-electron chi connectivity index (χ1n) is 15.6. The van der Waals surface area contributed by atoms with Gasteiger partial charge in [0.05, 0.1) is 0 Å². The summed E-state index contributed by atoms with van der Waals surface area (Å²) in [7, 11) is 0. The van der Waals surface area contributed by atoms with E-state index in [2.05, 4.69) is 94.8 Å². The second-order valence-electron chi connectivity index (χ2n) is 12.1. The lowest BCUT2D eigenvalue weighted by Gasteiger charge is -2.51. The molecule has 0 bridgehead atoms. The van der Waals surface area contributed by atoms with Crippen molar-refractivity contribution >= 4 is 11.8 Å². The summed E-state index contributed by atoms with van der Waals surface area (Å²) in [6, 6.07) is 20.9. The summed E-state index contributed by atoms with van der Waals surface area (Å²) >= 11 is 0. The monoisotopic (exact) mass is 549 g/mol. The minimum Gasteiger partial charge on any atom is -0.329 e. The maximum Gasteiger partial charge on any atom is 0.249 e. The molecule has 5 heteroatoms. The molecule has 5 nitrogen and oxygen atoms in total. The SMILES string of the molecule is O=C1C2CCCN2C(=O)C2(CCCN(CCCc3ccccc3)CC2)N1CC(C1=CC=CCC=C1)c1ccccc1. The third-order valence-electron chi connectivity index (χ3n) is 9.65. The molecule has 2 aromatic carbocycles. The van der Waals surface area contributed by atoms with Gasteiger partial charge >= 0.3 is 0 Å². The quantitative estimate of drug-likeness (QED) is 0.412. The number of piperazine rings is 1. The molecule has 3 aliphatic heterocycles. The normalized spacial score (nSPS) is 25.7. The summed E-state index contributed by atoms with van der Waals surface area (Å²) in [5.74, 6) is 0.374. The number of benzene rings is 2. The van der Waals surface area contributed by atoms with Crippen molar-refractivity contribution in [1.29, 1.82) is 0 Å². The number of allylic oxidation sites excluding steroid dienone is 5. The van der Waals surface area contributed by atoms with Crippen LogP contribution in [0.5, 0.6) is 0 Å². The van der Waals surface area contributed by atoms with E-state index in [1.54, 1.807) is 0 Å². The van der Waals surface area contributed by atoms with Crippen molar-refractivity contribution in [2.24, 2.45) is 0 Å². The zero-order valence-electron chi connectivity index (χ0n) is 24.2. The summed E-state index contributed by atoms with van der Waals surface area (Å²) in [5.41, 5.74) is 3.01. The molecular formula is C36H43N3O2. The lowest BCUT2D eigenvalue weighted by molar-refractivity contribution is -0.170. The Labute approximate surface area is 245 Å². The first-order chi connectivity index (χ1) is 20.2. The van der Waals surface area contributed by atoms with E-state index in [0.29, 0.717) is 19.5 Å². The highest BCUT2D eigenvalue weighted by Gasteiger charge is 2.57. The van der Waals surface area contributed by atoms with Crippen LogP contribution >= 0.6 is 0 Å². The molecule has 0 radical (unpaired) electrons. The molecule has 3 heterocycles. The Hall–Kier alpha value is -3.44. The van der Waals surface area contributed by atoms with Crippen LogP contribution in [-0.2, 0) is 16.0 Å². The Kier molecular flexibility index (Phi) is 8.52. The Morgan fingerprint density at radius 1 is 0.878 bits per heavy atom. The second-order valence-corrected chi connectivity index (χ2v) is 12.1. The molecule has 2 amide bonds. The molecule has 3 atom stereocenters. The summed E-state index contributed by atoms with van der Waals surface area (Å²) in [5, 5.41) is 0.